The molecule has 1 N–H and O–H groups in total. The van der Waals surface area contributed by atoms with Crippen molar-refractivity contribution >= 4 is 23.6 Å². The van der Waals surface area contributed by atoms with Gasteiger partial charge in [0, 0.05) is 44.7 Å². The Hall–Kier alpha value is -3.43. The van der Waals surface area contributed by atoms with Crippen LogP contribution in [0.3, 0.4) is 0 Å². The fraction of sp³-hybridized carbons (Fsp3) is 0.538. The molecule has 2 aliphatic heterocycles. The normalized spacial score (nSPS) is 16.4. The summed E-state index contributed by atoms with van der Waals surface area (Å²) in [6.45, 7) is 12.6. The first-order chi connectivity index (χ1) is 17.2. The van der Waals surface area contributed by atoms with Gasteiger partial charge in [-0.3, -0.25) is 9.59 Å². The molecule has 0 saturated carbocycles. The number of aromatic nitrogens is 2. The number of carbonyl (C=O) groups is 2. The van der Waals surface area contributed by atoms with E-state index in [4.69, 9.17) is 9.72 Å². The highest BCUT2D eigenvalue weighted by atomic mass is 19.1. The lowest BCUT2D eigenvalue weighted by Crippen LogP contribution is -2.48. The molecule has 9 nitrogen and oxygen atoms in total. The van der Waals surface area contributed by atoms with Crippen LogP contribution in [0.2, 0.25) is 0 Å². The Kier molecular flexibility index (Phi) is 7.61. The van der Waals surface area contributed by atoms with Gasteiger partial charge in [-0.2, -0.15) is 4.98 Å². The van der Waals surface area contributed by atoms with E-state index < -0.39 is 5.82 Å². The molecule has 1 aromatic carbocycles. The highest BCUT2D eigenvalue weighted by Crippen LogP contribution is 2.33. The number of hydrogen-bond acceptors (Lipinski definition) is 7. The summed E-state index contributed by atoms with van der Waals surface area (Å²) in [6, 6.07) is 4.69. The van der Waals surface area contributed by atoms with Crippen molar-refractivity contribution in [2.75, 3.05) is 43.0 Å². The van der Waals surface area contributed by atoms with Gasteiger partial charge in [0.1, 0.15) is 11.5 Å². The largest absolute Gasteiger partial charge is 0.491 e. The van der Waals surface area contributed by atoms with E-state index in [1.165, 1.54) is 6.07 Å². The molecular formula is C26H35FN6O3. The Morgan fingerprint density at radius 2 is 1.89 bits per heavy atom. The summed E-state index contributed by atoms with van der Waals surface area (Å²) in [5, 5.41) is 3.41. The summed E-state index contributed by atoms with van der Waals surface area (Å²) in [7, 11) is 0. The SMILES string of the molecule is CCCOc1ccc([C@@H](C)Nc2nc(N3CCN(C(C)=O)CC3)nc3c2CN(C(C)C)C3=O)cc1F. The van der Waals surface area contributed by atoms with Crippen molar-refractivity contribution in [3.8, 4) is 5.75 Å². The quantitative estimate of drug-likeness (QED) is 0.595. The van der Waals surface area contributed by atoms with E-state index >= 15 is 0 Å². The molecule has 2 aliphatic rings. The molecule has 0 aliphatic carbocycles. The molecule has 2 amide bonds. The van der Waals surface area contributed by atoms with Gasteiger partial charge in [0.05, 0.1) is 19.2 Å². The average Bonchev–Trinajstić information content (AvgIpc) is 3.20. The number of rotatable bonds is 8. The number of nitrogens with one attached hydrogen (secondary N) is 1. The van der Waals surface area contributed by atoms with Crippen LogP contribution < -0.4 is 15.0 Å². The minimum atomic E-state index is -0.410. The van der Waals surface area contributed by atoms with Crippen LogP contribution >= 0.6 is 0 Å². The molecule has 0 unspecified atom stereocenters. The zero-order valence-electron chi connectivity index (χ0n) is 21.7. The number of nitrogens with zero attached hydrogens (tertiary/aromatic N) is 5. The number of hydrogen-bond donors (Lipinski definition) is 1. The van der Waals surface area contributed by atoms with Crippen molar-refractivity contribution in [3.05, 3.63) is 40.8 Å². The topological polar surface area (TPSA) is 90.9 Å². The number of carbonyl (C=O) groups excluding carboxylic acids is 2. The van der Waals surface area contributed by atoms with E-state index in [-0.39, 0.29) is 29.6 Å². The number of fused-ring (bicyclic) bond motifs is 1. The Balaban J connectivity index is 1.62. The summed E-state index contributed by atoms with van der Waals surface area (Å²) in [6.07, 6.45) is 0.802. The summed E-state index contributed by atoms with van der Waals surface area (Å²) in [5.74, 6) is 0.778. The fourth-order valence-electron chi connectivity index (χ4n) is 4.48. The maximum atomic E-state index is 14.6. The number of piperazine rings is 1. The Bertz CT molecular complexity index is 1130. The van der Waals surface area contributed by atoms with Crippen LogP contribution in [-0.4, -0.2) is 70.4 Å². The van der Waals surface area contributed by atoms with E-state index in [1.807, 2.05) is 38.7 Å². The van der Waals surface area contributed by atoms with Crippen LogP contribution in [0.1, 0.15) is 68.7 Å². The molecule has 1 aromatic heterocycles. The number of ether oxygens (including phenoxy) is 1. The zero-order chi connectivity index (χ0) is 26.0. The summed E-state index contributed by atoms with van der Waals surface area (Å²) < 4.78 is 20.1. The van der Waals surface area contributed by atoms with Crippen molar-refractivity contribution in [3.63, 3.8) is 0 Å². The maximum Gasteiger partial charge on any atom is 0.273 e. The molecule has 10 heteroatoms. The highest BCUT2D eigenvalue weighted by Gasteiger charge is 2.35. The van der Waals surface area contributed by atoms with Crippen LogP contribution in [0.15, 0.2) is 18.2 Å². The lowest BCUT2D eigenvalue weighted by atomic mass is 10.1. The molecule has 36 heavy (non-hydrogen) atoms. The number of halogens is 1. The smallest absolute Gasteiger partial charge is 0.273 e. The third-order valence-electron chi connectivity index (χ3n) is 6.69. The minimum absolute atomic E-state index is 0.0179. The monoisotopic (exact) mass is 498 g/mol. The predicted molar refractivity (Wildman–Crippen MR) is 136 cm³/mol. The first-order valence-corrected chi connectivity index (χ1v) is 12.6. The molecule has 2 aromatic rings. The van der Waals surface area contributed by atoms with E-state index in [9.17, 15) is 14.0 Å². The lowest BCUT2D eigenvalue weighted by molar-refractivity contribution is -0.129. The third-order valence-corrected chi connectivity index (χ3v) is 6.69. The first kappa shape index (κ1) is 25.7. The van der Waals surface area contributed by atoms with Crippen molar-refractivity contribution in [2.24, 2.45) is 0 Å². The van der Waals surface area contributed by atoms with Crippen LogP contribution in [-0.2, 0) is 11.3 Å². The molecule has 4 rings (SSSR count). The van der Waals surface area contributed by atoms with E-state index in [1.54, 1.807) is 22.8 Å². The second-order valence-corrected chi connectivity index (χ2v) is 9.62. The van der Waals surface area contributed by atoms with Gasteiger partial charge >= 0.3 is 0 Å². The van der Waals surface area contributed by atoms with Crippen molar-refractivity contribution in [2.45, 2.75) is 59.7 Å². The number of anilines is 2. The van der Waals surface area contributed by atoms with E-state index in [2.05, 4.69) is 10.3 Å². The zero-order valence-corrected chi connectivity index (χ0v) is 21.7. The molecule has 3 heterocycles. The predicted octanol–water partition coefficient (Wildman–Crippen LogP) is 3.61. The molecule has 0 spiro atoms. The number of benzene rings is 1. The molecule has 0 bridgehead atoms. The van der Waals surface area contributed by atoms with Gasteiger partial charge in [0.2, 0.25) is 11.9 Å². The second-order valence-electron chi connectivity index (χ2n) is 9.62. The second kappa shape index (κ2) is 10.7. The van der Waals surface area contributed by atoms with Gasteiger partial charge in [-0.25, -0.2) is 9.37 Å². The Morgan fingerprint density at radius 3 is 2.50 bits per heavy atom. The number of amides is 2. The van der Waals surface area contributed by atoms with Crippen LogP contribution in [0.25, 0.3) is 0 Å². The van der Waals surface area contributed by atoms with Gasteiger partial charge in [-0.15, -0.1) is 0 Å². The molecular weight excluding hydrogens is 463 g/mol. The van der Waals surface area contributed by atoms with E-state index in [0.717, 1.165) is 17.5 Å². The maximum absolute atomic E-state index is 14.6. The van der Waals surface area contributed by atoms with Crippen LogP contribution in [0.5, 0.6) is 5.75 Å². The third kappa shape index (κ3) is 5.22. The lowest BCUT2D eigenvalue weighted by Gasteiger charge is -2.34. The van der Waals surface area contributed by atoms with Crippen molar-refractivity contribution in [1.29, 1.82) is 0 Å². The van der Waals surface area contributed by atoms with Gasteiger partial charge in [-0.05, 0) is 44.9 Å². The van der Waals surface area contributed by atoms with Gasteiger partial charge in [0.15, 0.2) is 11.6 Å². The minimum Gasteiger partial charge on any atom is -0.491 e. The first-order valence-electron chi connectivity index (χ1n) is 12.6. The average molecular weight is 499 g/mol. The van der Waals surface area contributed by atoms with Crippen LogP contribution in [0, 0.1) is 5.82 Å². The summed E-state index contributed by atoms with van der Waals surface area (Å²) in [4.78, 5) is 39.9. The van der Waals surface area contributed by atoms with Crippen LogP contribution in [0.4, 0.5) is 16.2 Å². The Morgan fingerprint density at radius 1 is 1.17 bits per heavy atom. The Labute approximate surface area is 211 Å². The highest BCUT2D eigenvalue weighted by molar-refractivity contribution is 5.98. The standard InChI is InChI=1S/C26H35FN6O3/c1-6-13-36-22-8-7-19(14-21(22)27)17(4)28-24-20-15-33(16(2)3)25(35)23(20)29-26(30-24)32-11-9-31(10-12-32)18(5)34/h7-8,14,16-17H,6,9-13,15H2,1-5H3,(H,28,29,30)/t17-/m1/s1. The molecule has 1 saturated heterocycles. The summed E-state index contributed by atoms with van der Waals surface area (Å²) >= 11 is 0. The molecule has 1 atom stereocenters. The molecule has 194 valence electrons. The van der Waals surface area contributed by atoms with Crippen molar-refractivity contribution in [1.82, 2.24) is 19.8 Å². The fourth-order valence-corrected chi connectivity index (χ4v) is 4.48. The van der Waals surface area contributed by atoms with Gasteiger partial charge < -0.3 is 24.8 Å². The van der Waals surface area contributed by atoms with Crippen molar-refractivity contribution < 1.29 is 18.7 Å². The van der Waals surface area contributed by atoms with E-state index in [0.29, 0.717) is 56.8 Å². The molecule has 1 fully saturated rings. The molecule has 0 radical (unpaired) electrons. The van der Waals surface area contributed by atoms with Gasteiger partial charge in [-0.1, -0.05) is 13.0 Å². The van der Waals surface area contributed by atoms with Gasteiger partial charge in [0.25, 0.3) is 5.91 Å². The summed E-state index contributed by atoms with van der Waals surface area (Å²) in [5.41, 5.74) is 1.88.